The number of aryl methyl sites for hydroxylation is 2. The largest absolute Gasteiger partial charge is 0.294 e. The van der Waals surface area contributed by atoms with Gasteiger partial charge in [0.15, 0.2) is 5.78 Å². The standard InChI is InChI=1S/C22H20O5S2/c1-15-7-11-18(12-8-15)28(24,25)20-5-4-6-21(22(20)17(3)23)29(26,27)19-13-9-16(2)10-14-19/h4-14H,1-3H3. The Morgan fingerprint density at radius 1 is 0.621 bits per heavy atom. The number of Topliss-reactive ketones (excluding diaryl/α,β-unsaturated/α-hetero) is 1. The summed E-state index contributed by atoms with van der Waals surface area (Å²) in [5.74, 6) is -0.637. The van der Waals surface area contributed by atoms with Gasteiger partial charge in [-0.15, -0.1) is 0 Å². The van der Waals surface area contributed by atoms with Crippen LogP contribution in [0.4, 0.5) is 0 Å². The smallest absolute Gasteiger partial charge is 0.207 e. The van der Waals surface area contributed by atoms with E-state index in [4.69, 9.17) is 0 Å². The summed E-state index contributed by atoms with van der Waals surface area (Å²) < 4.78 is 52.7. The van der Waals surface area contributed by atoms with Gasteiger partial charge in [-0.2, -0.15) is 0 Å². The maximum absolute atomic E-state index is 13.2. The molecule has 0 aliphatic carbocycles. The molecule has 0 saturated carbocycles. The Bertz CT molecular complexity index is 1190. The third-order valence-electron chi connectivity index (χ3n) is 4.58. The van der Waals surface area contributed by atoms with Gasteiger partial charge in [0.2, 0.25) is 19.7 Å². The second kappa shape index (κ2) is 7.57. The molecule has 0 heterocycles. The highest BCUT2D eigenvalue weighted by Gasteiger charge is 2.30. The Labute approximate surface area is 170 Å². The van der Waals surface area contributed by atoms with Crippen molar-refractivity contribution in [2.45, 2.75) is 40.4 Å². The van der Waals surface area contributed by atoms with Crippen molar-refractivity contribution in [3.05, 3.63) is 83.4 Å². The van der Waals surface area contributed by atoms with Crippen LogP contribution in [0.25, 0.3) is 0 Å². The molecule has 150 valence electrons. The highest BCUT2D eigenvalue weighted by atomic mass is 32.2. The molecule has 0 aliphatic heterocycles. The van der Waals surface area contributed by atoms with Crippen molar-refractivity contribution in [3.8, 4) is 0 Å². The highest BCUT2D eigenvalue weighted by molar-refractivity contribution is 7.92. The normalized spacial score (nSPS) is 12.0. The van der Waals surface area contributed by atoms with Crippen molar-refractivity contribution < 1.29 is 21.6 Å². The molecule has 0 atom stereocenters. The molecule has 0 N–H and O–H groups in total. The number of sulfone groups is 2. The predicted molar refractivity (Wildman–Crippen MR) is 110 cm³/mol. The van der Waals surface area contributed by atoms with Crippen molar-refractivity contribution in [2.75, 3.05) is 0 Å². The maximum Gasteiger partial charge on any atom is 0.207 e. The van der Waals surface area contributed by atoms with Gasteiger partial charge in [-0.3, -0.25) is 4.79 Å². The summed E-state index contributed by atoms with van der Waals surface area (Å²) in [5.41, 5.74) is 1.44. The minimum atomic E-state index is -4.09. The van der Waals surface area contributed by atoms with Gasteiger partial charge in [-0.05, 0) is 57.2 Å². The van der Waals surface area contributed by atoms with Crippen LogP contribution in [0.3, 0.4) is 0 Å². The molecular weight excluding hydrogens is 408 g/mol. The lowest BCUT2D eigenvalue weighted by molar-refractivity contribution is 0.101. The summed E-state index contributed by atoms with van der Waals surface area (Å²) in [7, 11) is -8.18. The molecule has 0 saturated heterocycles. The molecule has 0 bridgehead atoms. The molecule has 5 nitrogen and oxygen atoms in total. The molecule has 7 heteroatoms. The summed E-state index contributed by atoms with van der Waals surface area (Å²) in [6.45, 7) is 4.82. The molecule has 0 radical (unpaired) electrons. The summed E-state index contributed by atoms with van der Waals surface area (Å²) in [6, 6.07) is 16.2. The second-order valence-electron chi connectivity index (χ2n) is 6.82. The number of carbonyl (C=O) groups is 1. The average Bonchev–Trinajstić information content (AvgIpc) is 2.68. The Morgan fingerprint density at radius 3 is 1.28 bits per heavy atom. The zero-order valence-corrected chi connectivity index (χ0v) is 17.8. The zero-order valence-electron chi connectivity index (χ0n) is 16.2. The van der Waals surface area contributed by atoms with Gasteiger partial charge >= 0.3 is 0 Å². The van der Waals surface area contributed by atoms with Gasteiger partial charge in [-0.1, -0.05) is 41.5 Å². The number of hydrogen-bond acceptors (Lipinski definition) is 5. The third kappa shape index (κ3) is 3.88. The lowest BCUT2D eigenvalue weighted by atomic mass is 10.1. The predicted octanol–water partition coefficient (Wildman–Crippen LogP) is 4.17. The van der Waals surface area contributed by atoms with Gasteiger partial charge < -0.3 is 0 Å². The maximum atomic E-state index is 13.2. The minimum absolute atomic E-state index is 0.00418. The van der Waals surface area contributed by atoms with Crippen molar-refractivity contribution in [1.82, 2.24) is 0 Å². The Balaban J connectivity index is 2.28. The summed E-state index contributed by atoms with van der Waals surface area (Å²) >= 11 is 0. The van der Waals surface area contributed by atoms with E-state index in [-0.39, 0.29) is 25.1 Å². The van der Waals surface area contributed by atoms with Crippen LogP contribution < -0.4 is 0 Å². The molecular formula is C22H20O5S2. The Morgan fingerprint density at radius 2 is 0.966 bits per heavy atom. The average molecular weight is 429 g/mol. The first-order valence-corrected chi connectivity index (χ1v) is 11.8. The Hall–Kier alpha value is -2.77. The molecule has 3 aromatic carbocycles. The lowest BCUT2D eigenvalue weighted by Gasteiger charge is -2.14. The fourth-order valence-electron chi connectivity index (χ4n) is 2.99. The van der Waals surface area contributed by atoms with Crippen LogP contribution in [0.5, 0.6) is 0 Å². The number of benzene rings is 3. The SMILES string of the molecule is CC(=O)c1c(S(=O)(=O)c2ccc(C)cc2)cccc1S(=O)(=O)c1ccc(C)cc1. The summed E-state index contributed by atoms with van der Waals surface area (Å²) in [5, 5.41) is 0. The van der Waals surface area contributed by atoms with Crippen molar-refractivity contribution in [3.63, 3.8) is 0 Å². The van der Waals surface area contributed by atoms with Gasteiger partial charge in [0.25, 0.3) is 0 Å². The quantitative estimate of drug-likeness (QED) is 0.569. The number of carbonyl (C=O) groups excluding carboxylic acids is 1. The van der Waals surface area contributed by atoms with E-state index >= 15 is 0 Å². The molecule has 0 aromatic heterocycles. The molecule has 3 rings (SSSR count). The first-order chi connectivity index (χ1) is 13.5. The van der Waals surface area contributed by atoms with Crippen LogP contribution in [0, 0.1) is 13.8 Å². The number of ketones is 1. The molecule has 0 aliphatic rings. The fourth-order valence-corrected chi connectivity index (χ4v) is 6.12. The molecule has 29 heavy (non-hydrogen) atoms. The highest BCUT2D eigenvalue weighted by Crippen LogP contribution is 2.32. The van der Waals surface area contributed by atoms with E-state index in [9.17, 15) is 21.6 Å². The zero-order chi connectivity index (χ0) is 21.4. The molecule has 3 aromatic rings. The topological polar surface area (TPSA) is 85.3 Å². The van der Waals surface area contributed by atoms with E-state index in [1.807, 2.05) is 13.8 Å². The van der Waals surface area contributed by atoms with Crippen molar-refractivity contribution in [2.24, 2.45) is 0 Å². The number of rotatable bonds is 5. The van der Waals surface area contributed by atoms with Gasteiger partial charge in [0, 0.05) is 0 Å². The van der Waals surface area contributed by atoms with Crippen LogP contribution in [-0.2, 0) is 19.7 Å². The van der Waals surface area contributed by atoms with Crippen LogP contribution >= 0.6 is 0 Å². The monoisotopic (exact) mass is 428 g/mol. The number of hydrogen-bond donors (Lipinski definition) is 0. The summed E-state index contributed by atoms with van der Waals surface area (Å²) in [4.78, 5) is 11.8. The first-order valence-electron chi connectivity index (χ1n) is 8.82. The molecule has 0 amide bonds. The Kier molecular flexibility index (Phi) is 5.47. The minimum Gasteiger partial charge on any atom is -0.294 e. The van der Waals surface area contributed by atoms with Crippen LogP contribution in [0.15, 0.2) is 86.3 Å². The molecule has 0 spiro atoms. The van der Waals surface area contributed by atoms with Gasteiger partial charge in [0.1, 0.15) is 0 Å². The van der Waals surface area contributed by atoms with Crippen molar-refractivity contribution >= 4 is 25.5 Å². The van der Waals surface area contributed by atoms with E-state index in [2.05, 4.69) is 0 Å². The molecule has 0 unspecified atom stereocenters. The van der Waals surface area contributed by atoms with E-state index in [0.29, 0.717) is 0 Å². The first kappa shape index (κ1) is 21.0. The second-order valence-corrected chi connectivity index (χ2v) is 10.7. The van der Waals surface area contributed by atoms with E-state index in [1.165, 1.54) is 42.5 Å². The van der Waals surface area contributed by atoms with Crippen LogP contribution in [0.1, 0.15) is 28.4 Å². The summed E-state index contributed by atoms with van der Waals surface area (Å²) in [6.07, 6.45) is 0. The van der Waals surface area contributed by atoms with Crippen molar-refractivity contribution in [1.29, 1.82) is 0 Å². The third-order valence-corrected chi connectivity index (χ3v) is 8.21. The lowest BCUT2D eigenvalue weighted by Crippen LogP contribution is -2.14. The van der Waals surface area contributed by atoms with E-state index < -0.39 is 25.5 Å². The van der Waals surface area contributed by atoms with Crippen LogP contribution in [0.2, 0.25) is 0 Å². The fraction of sp³-hybridized carbons (Fsp3) is 0.136. The van der Waals surface area contributed by atoms with E-state index in [1.54, 1.807) is 24.3 Å². The molecule has 0 fully saturated rings. The van der Waals surface area contributed by atoms with Crippen LogP contribution in [-0.4, -0.2) is 22.6 Å². The van der Waals surface area contributed by atoms with Gasteiger partial charge in [0.05, 0.1) is 25.1 Å². The van der Waals surface area contributed by atoms with Gasteiger partial charge in [-0.25, -0.2) is 16.8 Å². The van der Waals surface area contributed by atoms with E-state index in [0.717, 1.165) is 18.1 Å².